The summed E-state index contributed by atoms with van der Waals surface area (Å²) in [4.78, 5) is 13.5. The number of fused-ring (bicyclic) bond motifs is 1. The van der Waals surface area contributed by atoms with Gasteiger partial charge in [0.15, 0.2) is 5.82 Å². The summed E-state index contributed by atoms with van der Waals surface area (Å²) in [5, 5.41) is 12.2. The molecule has 33 heavy (non-hydrogen) atoms. The van der Waals surface area contributed by atoms with Gasteiger partial charge in [0.1, 0.15) is 5.25 Å². The summed E-state index contributed by atoms with van der Waals surface area (Å²) in [6, 6.07) is 23.9. The fourth-order valence-corrected chi connectivity index (χ4v) is 5.02. The number of aryl methyl sites for hydroxylation is 2. The van der Waals surface area contributed by atoms with Crippen LogP contribution in [0.2, 0.25) is 0 Å². The Kier molecular flexibility index (Phi) is 5.64. The molecule has 5 rings (SSSR count). The maximum Gasteiger partial charge on any atom is 0.240 e. The lowest BCUT2D eigenvalue weighted by Gasteiger charge is -2.33. The van der Waals surface area contributed by atoms with Gasteiger partial charge in [-0.05, 0) is 43.5 Å². The minimum atomic E-state index is -0.423. The van der Waals surface area contributed by atoms with E-state index in [9.17, 15) is 4.79 Å². The molecule has 2 heterocycles. The molecular weight excluding hydrogens is 430 g/mol. The van der Waals surface area contributed by atoms with Gasteiger partial charge in [0, 0.05) is 11.3 Å². The molecule has 0 aliphatic carbocycles. The van der Waals surface area contributed by atoms with Gasteiger partial charge < -0.3 is 10.7 Å². The summed E-state index contributed by atoms with van der Waals surface area (Å²) in [5.41, 5.74) is 9.75. The number of aromatic nitrogens is 3. The van der Waals surface area contributed by atoms with Crippen LogP contribution in [-0.4, -0.2) is 26.0 Å². The van der Waals surface area contributed by atoms with Crippen LogP contribution in [0.1, 0.15) is 28.3 Å². The van der Waals surface area contributed by atoms with Crippen molar-refractivity contribution in [1.82, 2.24) is 14.9 Å². The Hall–Kier alpha value is -3.58. The highest BCUT2D eigenvalue weighted by Crippen LogP contribution is 2.39. The molecule has 7 heteroatoms. The number of rotatable bonds is 4. The van der Waals surface area contributed by atoms with Crippen molar-refractivity contribution in [2.75, 3.05) is 10.7 Å². The lowest BCUT2D eigenvalue weighted by atomic mass is 10.0. The number of carbonyl (C=O) groups is 1. The second kappa shape index (κ2) is 8.75. The highest BCUT2D eigenvalue weighted by molar-refractivity contribution is 8.00. The van der Waals surface area contributed by atoms with Gasteiger partial charge in [-0.15, -0.1) is 10.2 Å². The molecule has 1 aliphatic heterocycles. The number of nitrogens with zero attached hydrogens (tertiary/aromatic N) is 3. The number of benzene rings is 3. The third kappa shape index (κ3) is 4.12. The van der Waals surface area contributed by atoms with Crippen molar-refractivity contribution in [3.05, 3.63) is 95.1 Å². The Morgan fingerprint density at radius 2 is 1.70 bits per heavy atom. The van der Waals surface area contributed by atoms with Crippen molar-refractivity contribution in [2.24, 2.45) is 0 Å². The average molecular weight is 456 g/mol. The largest absolute Gasteiger partial charge is 0.325 e. The Morgan fingerprint density at radius 3 is 2.45 bits per heavy atom. The first kappa shape index (κ1) is 21.3. The van der Waals surface area contributed by atoms with Crippen molar-refractivity contribution in [3.63, 3.8) is 0 Å². The van der Waals surface area contributed by atoms with E-state index in [-0.39, 0.29) is 11.9 Å². The predicted octanol–water partition coefficient (Wildman–Crippen LogP) is 5.27. The van der Waals surface area contributed by atoms with E-state index in [2.05, 4.69) is 52.1 Å². The highest BCUT2D eigenvalue weighted by atomic mass is 32.2. The van der Waals surface area contributed by atoms with E-state index >= 15 is 0 Å². The zero-order valence-electron chi connectivity index (χ0n) is 18.7. The quantitative estimate of drug-likeness (QED) is 0.439. The fraction of sp³-hybridized carbons (Fsp3) is 0.192. The number of hydrogen-bond acceptors (Lipinski definition) is 5. The van der Waals surface area contributed by atoms with Gasteiger partial charge in [-0.25, -0.2) is 4.68 Å². The summed E-state index contributed by atoms with van der Waals surface area (Å²) in [6.07, 6.45) is 0. The van der Waals surface area contributed by atoms with Crippen molar-refractivity contribution in [2.45, 2.75) is 37.2 Å². The molecule has 0 spiro atoms. The molecular formula is C26H25N5OS. The van der Waals surface area contributed by atoms with Gasteiger partial charge in [0.25, 0.3) is 0 Å². The van der Waals surface area contributed by atoms with Crippen molar-refractivity contribution in [3.8, 4) is 11.4 Å². The van der Waals surface area contributed by atoms with E-state index < -0.39 is 5.25 Å². The number of anilines is 1. The van der Waals surface area contributed by atoms with Crippen molar-refractivity contribution < 1.29 is 4.79 Å². The molecule has 6 nitrogen and oxygen atoms in total. The van der Waals surface area contributed by atoms with Gasteiger partial charge in [-0.3, -0.25) is 4.79 Å². The number of carbonyl (C=O) groups excluding carboxylic acids is 1. The molecule has 166 valence electrons. The van der Waals surface area contributed by atoms with E-state index in [0.717, 1.165) is 33.8 Å². The smallest absolute Gasteiger partial charge is 0.240 e. The van der Waals surface area contributed by atoms with Crippen LogP contribution in [0.3, 0.4) is 0 Å². The van der Waals surface area contributed by atoms with Crippen LogP contribution in [0.25, 0.3) is 11.4 Å². The Bertz CT molecular complexity index is 1300. The van der Waals surface area contributed by atoms with E-state index in [0.29, 0.717) is 5.16 Å². The fourth-order valence-electron chi connectivity index (χ4n) is 3.94. The van der Waals surface area contributed by atoms with E-state index in [1.807, 2.05) is 67.1 Å². The van der Waals surface area contributed by atoms with Crippen LogP contribution in [0.15, 0.2) is 78.0 Å². The summed E-state index contributed by atoms with van der Waals surface area (Å²) in [5.74, 6) is 0.658. The SMILES string of the molecule is Cc1ccc([C@@H]2Nn3c(nnc3-c3ccccc3)S[C@H]2C(=O)Nc2cccc(C)c2C)cc1. The molecule has 2 atom stereocenters. The summed E-state index contributed by atoms with van der Waals surface area (Å²) < 4.78 is 1.90. The molecule has 3 aromatic carbocycles. The van der Waals surface area contributed by atoms with Gasteiger partial charge in [0.2, 0.25) is 11.1 Å². The first-order chi connectivity index (χ1) is 16.0. The van der Waals surface area contributed by atoms with Crippen molar-refractivity contribution in [1.29, 1.82) is 0 Å². The summed E-state index contributed by atoms with van der Waals surface area (Å²) in [6.45, 7) is 6.13. The summed E-state index contributed by atoms with van der Waals surface area (Å²) >= 11 is 1.43. The zero-order chi connectivity index (χ0) is 22.9. The third-order valence-corrected chi connectivity index (χ3v) is 7.24. The average Bonchev–Trinajstić information content (AvgIpc) is 3.25. The summed E-state index contributed by atoms with van der Waals surface area (Å²) in [7, 11) is 0. The lowest BCUT2D eigenvalue weighted by Crippen LogP contribution is -2.41. The number of thioether (sulfide) groups is 1. The van der Waals surface area contributed by atoms with Crippen LogP contribution in [0.5, 0.6) is 0 Å². The molecule has 0 unspecified atom stereocenters. The Morgan fingerprint density at radius 1 is 0.939 bits per heavy atom. The second-order valence-electron chi connectivity index (χ2n) is 8.30. The molecule has 0 fully saturated rings. The third-order valence-electron chi connectivity index (χ3n) is 6.03. The standard InChI is InChI=1S/C26H25N5OS/c1-16-12-14-19(15-13-16)22-23(25(32)27-21-11-7-8-17(2)18(21)3)33-26-29-28-24(31(26)30-22)20-9-5-4-6-10-20/h4-15,22-23,30H,1-3H3,(H,27,32)/t22-,23+/m0/s1. The number of hydrogen-bond donors (Lipinski definition) is 2. The van der Waals surface area contributed by atoms with Gasteiger partial charge >= 0.3 is 0 Å². The van der Waals surface area contributed by atoms with Gasteiger partial charge in [0.05, 0.1) is 6.04 Å². The minimum Gasteiger partial charge on any atom is -0.325 e. The van der Waals surface area contributed by atoms with E-state index in [1.165, 1.54) is 17.3 Å². The molecule has 1 aliphatic rings. The Labute approximate surface area is 197 Å². The Balaban J connectivity index is 1.52. The molecule has 1 amide bonds. The van der Waals surface area contributed by atoms with Crippen LogP contribution in [-0.2, 0) is 4.79 Å². The van der Waals surface area contributed by atoms with Crippen molar-refractivity contribution >= 4 is 23.4 Å². The topological polar surface area (TPSA) is 71.8 Å². The van der Waals surface area contributed by atoms with Crippen LogP contribution in [0, 0.1) is 20.8 Å². The van der Waals surface area contributed by atoms with Gasteiger partial charge in [-0.1, -0.05) is 84.1 Å². The first-order valence-electron chi connectivity index (χ1n) is 10.9. The maximum atomic E-state index is 13.5. The van der Waals surface area contributed by atoms with Crippen LogP contribution >= 0.6 is 11.8 Å². The van der Waals surface area contributed by atoms with Gasteiger partial charge in [-0.2, -0.15) is 0 Å². The predicted molar refractivity (Wildman–Crippen MR) is 133 cm³/mol. The monoisotopic (exact) mass is 455 g/mol. The van der Waals surface area contributed by atoms with Crippen LogP contribution in [0.4, 0.5) is 5.69 Å². The molecule has 0 saturated heterocycles. The van der Waals surface area contributed by atoms with E-state index in [4.69, 9.17) is 0 Å². The molecule has 0 bridgehead atoms. The molecule has 1 aromatic heterocycles. The maximum absolute atomic E-state index is 13.5. The molecule has 2 N–H and O–H groups in total. The lowest BCUT2D eigenvalue weighted by molar-refractivity contribution is -0.116. The second-order valence-corrected chi connectivity index (χ2v) is 9.41. The normalized spacial score (nSPS) is 17.2. The molecule has 0 saturated carbocycles. The number of nitrogens with one attached hydrogen (secondary N) is 2. The minimum absolute atomic E-state index is 0.0673. The van der Waals surface area contributed by atoms with E-state index in [1.54, 1.807) is 0 Å². The number of amides is 1. The highest BCUT2D eigenvalue weighted by Gasteiger charge is 2.38. The molecule has 0 radical (unpaired) electrons. The zero-order valence-corrected chi connectivity index (χ0v) is 19.6. The van der Waals surface area contributed by atoms with Crippen LogP contribution < -0.4 is 10.7 Å². The first-order valence-corrected chi connectivity index (χ1v) is 11.8. The molecule has 4 aromatic rings.